The molecule has 18 heteroatoms. The van der Waals surface area contributed by atoms with E-state index in [0.29, 0.717) is 22.0 Å². The minimum atomic E-state index is -1.25. The molecule has 3 aromatic heterocycles. The molecule has 5 N–H and O–H groups in total. The van der Waals surface area contributed by atoms with E-state index in [1.807, 2.05) is 0 Å². The van der Waals surface area contributed by atoms with Crippen LogP contribution in [0.3, 0.4) is 0 Å². The molecular weight excluding hydrogens is 584 g/mol. The highest BCUT2D eigenvalue weighted by Crippen LogP contribution is 2.40. The van der Waals surface area contributed by atoms with Gasteiger partial charge in [-0.25, -0.2) is 19.6 Å². The lowest BCUT2D eigenvalue weighted by molar-refractivity contribution is -0.687. The van der Waals surface area contributed by atoms with Crippen molar-refractivity contribution in [3.8, 4) is 0 Å². The van der Waals surface area contributed by atoms with Gasteiger partial charge in [0.1, 0.15) is 35.4 Å². The lowest BCUT2D eigenvalue weighted by Crippen LogP contribution is -2.71. The normalized spacial score (nSPS) is 18.7. The van der Waals surface area contributed by atoms with Crippen LogP contribution in [0.5, 0.6) is 0 Å². The summed E-state index contributed by atoms with van der Waals surface area (Å²) in [6.45, 7) is 0.186. The van der Waals surface area contributed by atoms with E-state index in [1.54, 1.807) is 23.0 Å². The second-order valence-corrected chi connectivity index (χ2v) is 11.3. The number of hydrogen-bond donors (Lipinski definition) is 4. The molecule has 0 spiro atoms. The van der Waals surface area contributed by atoms with Crippen LogP contribution in [0.25, 0.3) is 10.2 Å². The Hall–Kier alpha value is -4.29. The number of ether oxygens (including phenoxy) is 1. The van der Waals surface area contributed by atoms with E-state index in [0.717, 1.165) is 16.0 Å². The monoisotopic (exact) mass is 605 g/mol. The molecule has 2 atom stereocenters. The molecule has 0 saturated carbocycles. The number of pyridine rings is 1. The summed E-state index contributed by atoms with van der Waals surface area (Å²) in [4.78, 5) is 64.1. The van der Waals surface area contributed by atoms with Crippen molar-refractivity contribution >= 4 is 84.5 Å². The van der Waals surface area contributed by atoms with Crippen LogP contribution in [0.2, 0.25) is 0 Å². The molecule has 5 heterocycles. The number of carboxylic acids is 1. The van der Waals surface area contributed by atoms with E-state index < -0.39 is 35.3 Å². The molecule has 3 aromatic rings. The minimum absolute atomic E-state index is 0.128. The Kier molecular flexibility index (Phi) is 7.55. The molecule has 1 unspecified atom stereocenters. The Balaban J connectivity index is 1.33. The van der Waals surface area contributed by atoms with Gasteiger partial charge in [-0.3, -0.25) is 19.8 Å². The summed E-state index contributed by atoms with van der Waals surface area (Å²) < 4.78 is 7.14. The van der Waals surface area contributed by atoms with Crippen LogP contribution in [0, 0.1) is 0 Å². The number of β-lactam (4-membered cyclic amide) rings is 1. The van der Waals surface area contributed by atoms with Gasteiger partial charge in [-0.05, 0) is 0 Å². The van der Waals surface area contributed by atoms with Crippen LogP contribution in [-0.4, -0.2) is 81.0 Å². The molecule has 3 amide bonds. The summed E-state index contributed by atoms with van der Waals surface area (Å²) in [6.07, 6.45) is 2.84. The van der Waals surface area contributed by atoms with Gasteiger partial charge in [0.25, 0.3) is 11.8 Å². The number of nitrogen functional groups attached to an aromatic ring is 1. The van der Waals surface area contributed by atoms with E-state index in [4.69, 9.17) is 10.6 Å². The number of hydrogen-bond acceptors (Lipinski definition) is 13. The van der Waals surface area contributed by atoms with Crippen molar-refractivity contribution in [1.29, 1.82) is 0 Å². The van der Waals surface area contributed by atoms with Crippen molar-refractivity contribution in [2.24, 2.45) is 5.16 Å². The van der Waals surface area contributed by atoms with Gasteiger partial charge in [-0.2, -0.15) is 4.57 Å². The summed E-state index contributed by atoms with van der Waals surface area (Å²) in [6, 6.07) is 0.830. The number of aliphatic carboxylic acids is 1. The predicted molar refractivity (Wildman–Crippen MR) is 146 cm³/mol. The van der Waals surface area contributed by atoms with Crippen LogP contribution in [0.1, 0.15) is 5.69 Å². The molecule has 40 heavy (non-hydrogen) atoms. The maximum absolute atomic E-state index is 13.1. The number of carbonyl (C=O) groups is 4. The van der Waals surface area contributed by atoms with Gasteiger partial charge in [0.15, 0.2) is 34.9 Å². The van der Waals surface area contributed by atoms with Gasteiger partial charge in [0.2, 0.25) is 0 Å². The maximum Gasteiger partial charge on any atom is 0.413 e. The van der Waals surface area contributed by atoms with Crippen LogP contribution >= 0.6 is 34.4 Å². The third-order valence-corrected chi connectivity index (χ3v) is 8.82. The number of thiazole rings is 2. The lowest BCUT2D eigenvalue weighted by atomic mass is 10.0. The molecule has 0 radical (unpaired) electrons. The number of carboxylic acid groups (broad SMARTS) is 1. The molecule has 1 fully saturated rings. The average molecular weight is 606 g/mol. The molecule has 1 saturated heterocycles. The van der Waals surface area contributed by atoms with Crippen LogP contribution in [0.4, 0.5) is 15.1 Å². The van der Waals surface area contributed by atoms with Gasteiger partial charge in [0.05, 0.1) is 11.8 Å². The number of nitrogens with one attached hydrogen (secondary N) is 2. The van der Waals surface area contributed by atoms with Crippen LogP contribution < -0.4 is 20.9 Å². The number of nitrogens with zero attached hydrogens (tertiary/aromatic N) is 5. The van der Waals surface area contributed by atoms with Crippen molar-refractivity contribution in [2.75, 3.05) is 31.0 Å². The first-order valence-electron chi connectivity index (χ1n) is 11.4. The standard InChI is InChI=1S/C22H20N8O7S3/c1-36-22(35)27-21-25-10-6-29(4-3-12(10)40-21)5-9-7-38-18-14(17(32)30(18)15(9)19(33)34)26-16(31)13(28-37-2)11-8-39-20(23)24-11/h3-4,6,8,14,18H,5,7H2,1-2H3,(H4-,23,24,25,26,27,31,33,34,35)/p+1/b28-13+/t14?,18-/m1/s1. The zero-order valence-electron chi connectivity index (χ0n) is 20.8. The molecule has 0 aliphatic carbocycles. The maximum atomic E-state index is 13.1. The van der Waals surface area contributed by atoms with Crippen molar-refractivity contribution in [2.45, 2.75) is 18.0 Å². The molecule has 5 rings (SSSR count). The summed E-state index contributed by atoms with van der Waals surface area (Å²) >= 11 is 3.71. The quantitative estimate of drug-likeness (QED) is 0.121. The van der Waals surface area contributed by atoms with E-state index in [9.17, 15) is 24.3 Å². The first-order chi connectivity index (χ1) is 19.2. The van der Waals surface area contributed by atoms with E-state index in [-0.39, 0.29) is 28.8 Å². The smallest absolute Gasteiger partial charge is 0.413 e. The number of nitrogens with two attached hydrogens (primary N) is 1. The number of carbonyl (C=O) groups excluding carboxylic acids is 3. The second-order valence-electron chi connectivity index (χ2n) is 8.31. The summed E-state index contributed by atoms with van der Waals surface area (Å²) in [5.74, 6) is -2.21. The van der Waals surface area contributed by atoms with E-state index in [1.165, 1.54) is 47.6 Å². The number of thioether (sulfide) groups is 1. The van der Waals surface area contributed by atoms with Gasteiger partial charge < -0.3 is 25.7 Å². The fraction of sp³-hybridized carbons (Fsp3) is 0.273. The SMILES string of the molecule is CO/N=C(/C(=O)NC1C(=O)N2C(C(=O)O)=C(C[n+]3ccc4sc(NC(=O)OC)nc4c3)CS[C@H]12)c1csc(N)n1. The molecule has 2 aliphatic rings. The number of amides is 3. The fourth-order valence-electron chi connectivity index (χ4n) is 4.14. The minimum Gasteiger partial charge on any atom is -0.477 e. The summed E-state index contributed by atoms with van der Waals surface area (Å²) in [7, 11) is 2.52. The third-order valence-electron chi connectivity index (χ3n) is 5.85. The zero-order valence-corrected chi connectivity index (χ0v) is 23.3. The van der Waals surface area contributed by atoms with Crippen LogP contribution in [-0.2, 0) is 30.5 Å². The molecule has 2 aliphatic heterocycles. The van der Waals surface area contributed by atoms with E-state index in [2.05, 4.69) is 30.5 Å². The number of rotatable bonds is 8. The third kappa shape index (κ3) is 5.15. The van der Waals surface area contributed by atoms with Crippen molar-refractivity contribution < 1.29 is 38.4 Å². The van der Waals surface area contributed by atoms with E-state index >= 15 is 0 Å². The Morgan fingerprint density at radius 1 is 1.32 bits per heavy atom. The molecule has 0 bridgehead atoms. The lowest BCUT2D eigenvalue weighted by Gasteiger charge is -2.49. The van der Waals surface area contributed by atoms with Gasteiger partial charge in [-0.15, -0.1) is 23.1 Å². The average Bonchev–Trinajstić information content (AvgIpc) is 3.54. The van der Waals surface area contributed by atoms with Gasteiger partial charge in [-0.1, -0.05) is 16.5 Å². The first kappa shape index (κ1) is 27.3. The Labute approximate surface area is 237 Å². The predicted octanol–water partition coefficient (Wildman–Crippen LogP) is 0.590. The largest absolute Gasteiger partial charge is 0.477 e. The summed E-state index contributed by atoms with van der Waals surface area (Å²) in [5, 5.41) is 20.4. The number of oxime groups is 1. The number of methoxy groups -OCH3 is 1. The number of aromatic nitrogens is 3. The molecule has 208 valence electrons. The van der Waals surface area contributed by atoms with Crippen LogP contribution in [0.15, 0.2) is 40.3 Å². The molecular formula is C22H21N8O7S3+. The Bertz CT molecular complexity index is 1600. The highest BCUT2D eigenvalue weighted by atomic mass is 32.2. The number of fused-ring (bicyclic) bond motifs is 2. The molecule has 0 aromatic carbocycles. The number of anilines is 2. The fourth-order valence-corrected chi connectivity index (χ4v) is 6.84. The topological polar surface area (TPSA) is 202 Å². The second kappa shape index (κ2) is 11.1. The Morgan fingerprint density at radius 2 is 2.12 bits per heavy atom. The molecule has 15 nitrogen and oxygen atoms in total. The van der Waals surface area contributed by atoms with Gasteiger partial charge >= 0.3 is 12.1 Å². The zero-order chi connectivity index (χ0) is 28.6. The summed E-state index contributed by atoms with van der Waals surface area (Å²) in [5.41, 5.74) is 6.67. The first-order valence-corrected chi connectivity index (χ1v) is 14.1. The van der Waals surface area contributed by atoms with Gasteiger partial charge in [0, 0.05) is 22.8 Å². The Morgan fingerprint density at radius 3 is 2.80 bits per heavy atom. The van der Waals surface area contributed by atoms with Crippen molar-refractivity contribution in [3.63, 3.8) is 0 Å². The van der Waals surface area contributed by atoms with Crippen molar-refractivity contribution in [3.05, 3.63) is 40.8 Å². The highest BCUT2D eigenvalue weighted by molar-refractivity contribution is 8.00. The highest BCUT2D eigenvalue weighted by Gasteiger charge is 2.54. The van der Waals surface area contributed by atoms with Crippen molar-refractivity contribution in [1.82, 2.24) is 20.2 Å².